The maximum atomic E-state index is 14.8. The Bertz CT molecular complexity index is 2690. The third-order valence-corrected chi connectivity index (χ3v) is 17.6. The summed E-state index contributed by atoms with van der Waals surface area (Å²) < 4.78 is 0.672. The maximum absolute atomic E-state index is 14.8. The van der Waals surface area contributed by atoms with Crippen molar-refractivity contribution in [3.63, 3.8) is 0 Å². The first kappa shape index (κ1) is 52.1. The van der Waals surface area contributed by atoms with Crippen LogP contribution in [0.3, 0.4) is 0 Å². The van der Waals surface area contributed by atoms with Gasteiger partial charge in [0.05, 0.1) is 13.1 Å². The van der Waals surface area contributed by atoms with Crippen molar-refractivity contribution < 1.29 is 14.1 Å². The quantitative estimate of drug-likeness (QED) is 0.0950. The van der Waals surface area contributed by atoms with Crippen LogP contribution in [-0.4, -0.2) is 35.4 Å². The van der Waals surface area contributed by atoms with E-state index in [0.717, 1.165) is 132 Å². The molecule has 6 aromatic rings. The second-order valence-electron chi connectivity index (χ2n) is 21.1. The average molecular weight is 990 g/mol. The van der Waals surface area contributed by atoms with Gasteiger partial charge in [0, 0.05) is 52.2 Å². The second kappa shape index (κ2) is 24.0. The lowest BCUT2D eigenvalue weighted by molar-refractivity contribution is -0.959. The van der Waals surface area contributed by atoms with Gasteiger partial charge in [-0.1, -0.05) is 165 Å². The highest BCUT2D eigenvalue weighted by molar-refractivity contribution is 6.31. The van der Waals surface area contributed by atoms with E-state index in [0.29, 0.717) is 16.9 Å². The molecule has 0 aromatic heterocycles. The predicted molar refractivity (Wildman–Crippen MR) is 298 cm³/mol. The molecule has 0 radical (unpaired) electrons. The summed E-state index contributed by atoms with van der Waals surface area (Å²) in [6.45, 7) is 15.2. The van der Waals surface area contributed by atoms with E-state index in [1.807, 2.05) is 12.1 Å². The molecule has 1 saturated carbocycles. The van der Waals surface area contributed by atoms with Crippen LogP contribution in [0, 0.1) is 45.4 Å². The third kappa shape index (κ3) is 12.2. The smallest absolute Gasteiger partial charge is 0.282 e. The number of hydrogen-bond acceptors (Lipinski definition) is 2. The molecule has 2 N–H and O–H groups in total. The highest BCUT2D eigenvalue weighted by Crippen LogP contribution is 2.50. The first-order chi connectivity index (χ1) is 34.4. The fourth-order valence-corrected chi connectivity index (χ4v) is 13.4. The van der Waals surface area contributed by atoms with E-state index in [2.05, 4.69) is 180 Å². The summed E-state index contributed by atoms with van der Waals surface area (Å²) in [4.78, 5) is 29.6. The number of likely N-dealkylation sites (tertiary alicyclic amines) is 1. The van der Waals surface area contributed by atoms with Gasteiger partial charge < -0.3 is 15.1 Å². The van der Waals surface area contributed by atoms with Crippen molar-refractivity contribution in [1.82, 2.24) is 0 Å². The zero-order valence-corrected chi connectivity index (χ0v) is 44.5. The first-order valence-electron chi connectivity index (χ1n) is 26.6. The summed E-state index contributed by atoms with van der Waals surface area (Å²) >= 11 is 14.3. The fraction of sp³-hybridized carbons (Fsp3) is 0.406. The molecule has 5 nitrogen and oxygen atoms in total. The molecule has 2 amide bonds. The summed E-state index contributed by atoms with van der Waals surface area (Å²) in [6.07, 6.45) is 9.22. The summed E-state index contributed by atoms with van der Waals surface area (Å²) in [5.41, 5.74) is 12.5. The molecule has 2 fully saturated rings. The minimum absolute atomic E-state index is 0.0894. The topological polar surface area (TPSA) is 58.2 Å². The molecular weight excluding hydrogens is 914 g/mol. The number of rotatable bonds is 16. The molecule has 71 heavy (non-hydrogen) atoms. The molecular formula is C64H76Cl2N3O2+. The van der Waals surface area contributed by atoms with Gasteiger partial charge in [0.15, 0.2) is 6.04 Å². The van der Waals surface area contributed by atoms with Crippen molar-refractivity contribution >= 4 is 46.4 Å². The number of amides is 2. The molecule has 1 aliphatic carbocycles. The molecule has 1 aliphatic heterocycles. The van der Waals surface area contributed by atoms with Gasteiger partial charge in [0.1, 0.15) is 6.54 Å². The van der Waals surface area contributed by atoms with Gasteiger partial charge in [0.2, 0.25) is 5.91 Å². The molecule has 6 aromatic carbocycles. The largest absolute Gasteiger partial charge is 0.325 e. The van der Waals surface area contributed by atoms with E-state index >= 15 is 0 Å². The Balaban J connectivity index is 1.14. The monoisotopic (exact) mass is 989 g/mol. The number of halogens is 2. The Morgan fingerprint density at radius 1 is 0.577 bits per heavy atom. The standard InChI is InChI=1S/C64H75Cl2N3O2/c1-7-54(63(70)67-61-43(3)20-17-21-44(61)4)55-30-19-29-51(41-57(49-26-13-10-14-27-49)56(55)34-32-50-28-15-16-31-58(50)65)52-33-35-59(66)53(40-52)42-69(38-36-48(37-39-69)47-24-11-9-12-25-47)60(8-2)64(71)68-62-45(5)22-18-23-46(62)6/h9-18,20-28,31,33,35,40,48,51,54-57,60H,7-8,19,29-30,32,34,36-39,41-42H2,1-6H3,(H-,67,68,70,71)/p+1. The highest BCUT2D eigenvalue weighted by atomic mass is 35.5. The van der Waals surface area contributed by atoms with Gasteiger partial charge in [-0.3, -0.25) is 9.59 Å². The van der Waals surface area contributed by atoms with Gasteiger partial charge in [-0.2, -0.15) is 0 Å². The Hall–Kier alpha value is -5.20. The van der Waals surface area contributed by atoms with Gasteiger partial charge in [-0.05, 0) is 159 Å². The molecule has 1 heterocycles. The number of quaternary nitrogens is 1. The Labute approximate surface area is 435 Å². The number of carbonyl (C=O) groups is 2. The van der Waals surface area contributed by atoms with Crippen LogP contribution >= 0.6 is 23.2 Å². The van der Waals surface area contributed by atoms with E-state index in [9.17, 15) is 9.59 Å². The lowest BCUT2D eigenvalue weighted by Crippen LogP contribution is -2.62. The summed E-state index contributed by atoms with van der Waals surface area (Å²) in [7, 11) is 0. The van der Waals surface area contributed by atoms with Crippen molar-refractivity contribution in [3.05, 3.63) is 200 Å². The minimum Gasteiger partial charge on any atom is -0.325 e. The SMILES string of the molecule is CCC(C(=O)Nc1c(C)cccc1C)C1CCCC(c2ccc(Cl)c(C[N+]3(C(CC)C(=O)Nc4c(C)cccc4C)CCC(c4ccccc4)CC3)c2)CC(c2ccccc2)C1CCc1ccccc1Cl. The van der Waals surface area contributed by atoms with E-state index in [1.54, 1.807) is 0 Å². The summed E-state index contributed by atoms with van der Waals surface area (Å²) in [5.74, 6) is 1.37. The maximum Gasteiger partial charge on any atom is 0.282 e. The second-order valence-corrected chi connectivity index (χ2v) is 22.0. The van der Waals surface area contributed by atoms with Crippen LogP contribution in [0.4, 0.5) is 11.4 Å². The molecule has 2 aliphatic rings. The van der Waals surface area contributed by atoms with Gasteiger partial charge >= 0.3 is 0 Å². The van der Waals surface area contributed by atoms with Crippen LogP contribution in [0.5, 0.6) is 0 Å². The predicted octanol–water partition coefficient (Wildman–Crippen LogP) is 16.5. The number of benzene rings is 6. The molecule has 0 bridgehead atoms. The zero-order valence-electron chi connectivity index (χ0n) is 43.0. The number of hydrogen-bond donors (Lipinski definition) is 2. The first-order valence-corrected chi connectivity index (χ1v) is 27.4. The Kier molecular flexibility index (Phi) is 17.6. The van der Waals surface area contributed by atoms with Crippen LogP contribution < -0.4 is 10.6 Å². The Morgan fingerprint density at radius 2 is 1.14 bits per heavy atom. The van der Waals surface area contributed by atoms with Crippen LogP contribution in [0.25, 0.3) is 0 Å². The van der Waals surface area contributed by atoms with Crippen LogP contribution in [-0.2, 0) is 22.6 Å². The van der Waals surface area contributed by atoms with E-state index in [4.69, 9.17) is 23.2 Å². The third-order valence-electron chi connectivity index (χ3n) is 16.9. The van der Waals surface area contributed by atoms with Crippen molar-refractivity contribution in [3.8, 4) is 0 Å². The fourth-order valence-electron chi connectivity index (χ4n) is 13.0. The number of carbonyl (C=O) groups excluding carboxylic acids is 2. The minimum atomic E-state index is -0.247. The molecule has 8 rings (SSSR count). The lowest BCUT2D eigenvalue weighted by Gasteiger charge is -2.48. The number of aryl methyl sites for hydroxylation is 5. The van der Waals surface area contributed by atoms with Crippen molar-refractivity contribution in [2.24, 2.45) is 17.8 Å². The molecule has 7 heteroatoms. The molecule has 0 spiro atoms. The highest BCUT2D eigenvalue weighted by Gasteiger charge is 2.45. The zero-order chi connectivity index (χ0) is 50.1. The van der Waals surface area contributed by atoms with Gasteiger partial charge in [-0.15, -0.1) is 0 Å². The van der Waals surface area contributed by atoms with Gasteiger partial charge in [0.25, 0.3) is 5.91 Å². The number of nitrogens with one attached hydrogen (secondary N) is 2. The van der Waals surface area contributed by atoms with Crippen LogP contribution in [0.15, 0.2) is 140 Å². The number of para-hydroxylation sites is 2. The van der Waals surface area contributed by atoms with E-state index in [1.165, 1.54) is 16.7 Å². The van der Waals surface area contributed by atoms with Crippen molar-refractivity contribution in [1.29, 1.82) is 0 Å². The summed E-state index contributed by atoms with van der Waals surface area (Å²) in [5, 5.41) is 8.46. The normalized spacial score (nSPS) is 22.4. The van der Waals surface area contributed by atoms with Gasteiger partial charge in [-0.25, -0.2) is 0 Å². The number of anilines is 2. The van der Waals surface area contributed by atoms with E-state index < -0.39 is 0 Å². The molecule has 1 saturated heterocycles. The van der Waals surface area contributed by atoms with Crippen LogP contribution in [0.1, 0.15) is 139 Å². The number of nitrogens with zero attached hydrogens (tertiary/aromatic N) is 1. The molecule has 372 valence electrons. The Morgan fingerprint density at radius 3 is 1.73 bits per heavy atom. The average Bonchev–Trinajstić information content (AvgIpc) is 3.37. The van der Waals surface area contributed by atoms with Crippen LogP contribution in [0.2, 0.25) is 10.0 Å². The van der Waals surface area contributed by atoms with Crippen molar-refractivity contribution in [2.45, 2.75) is 136 Å². The molecule has 6 atom stereocenters. The lowest BCUT2D eigenvalue weighted by atomic mass is 9.63. The molecule has 6 unspecified atom stereocenters. The van der Waals surface area contributed by atoms with Crippen molar-refractivity contribution in [2.75, 3.05) is 23.7 Å². The summed E-state index contributed by atoms with van der Waals surface area (Å²) in [6, 6.07) is 49.3. The van der Waals surface area contributed by atoms with E-state index in [-0.39, 0.29) is 47.4 Å². The number of piperidine rings is 1.